The minimum atomic E-state index is 0.397. The van der Waals surface area contributed by atoms with Crippen LogP contribution in [-0.4, -0.2) is 26.1 Å². The van der Waals surface area contributed by atoms with Crippen LogP contribution in [-0.2, 0) is 13.1 Å². The van der Waals surface area contributed by atoms with Gasteiger partial charge in [0.1, 0.15) is 0 Å². The first kappa shape index (κ1) is 14.8. The van der Waals surface area contributed by atoms with Crippen molar-refractivity contribution in [3.05, 3.63) is 34.9 Å². The van der Waals surface area contributed by atoms with Crippen LogP contribution in [0.5, 0.6) is 0 Å². The lowest BCUT2D eigenvalue weighted by Crippen LogP contribution is -2.13. The molecule has 20 heavy (non-hydrogen) atoms. The van der Waals surface area contributed by atoms with Gasteiger partial charge in [0.25, 0.3) is 0 Å². The second kappa shape index (κ2) is 6.22. The monoisotopic (exact) mass is 275 g/mol. The van der Waals surface area contributed by atoms with Gasteiger partial charge in [-0.2, -0.15) is 10.2 Å². The van der Waals surface area contributed by atoms with Crippen molar-refractivity contribution in [3.8, 4) is 0 Å². The molecule has 0 bridgehead atoms. The smallest absolute Gasteiger partial charge is 0.0853 e. The molecule has 0 radical (unpaired) electrons. The summed E-state index contributed by atoms with van der Waals surface area (Å²) in [4.78, 5) is 0. The molecule has 2 heterocycles. The molecule has 0 atom stereocenters. The van der Waals surface area contributed by atoms with Crippen LogP contribution in [0.2, 0.25) is 0 Å². The summed E-state index contributed by atoms with van der Waals surface area (Å²) in [5.74, 6) is 0. The zero-order chi connectivity index (χ0) is 14.7. The van der Waals surface area contributed by atoms with Gasteiger partial charge in [0.05, 0.1) is 17.9 Å². The van der Waals surface area contributed by atoms with Gasteiger partial charge in [-0.3, -0.25) is 9.36 Å². The summed E-state index contributed by atoms with van der Waals surface area (Å²) in [5.41, 5.74) is 4.68. The summed E-state index contributed by atoms with van der Waals surface area (Å²) in [6, 6.07) is 2.47. The Kier molecular flexibility index (Phi) is 4.60. The predicted octanol–water partition coefficient (Wildman–Crippen LogP) is 2.44. The summed E-state index contributed by atoms with van der Waals surface area (Å²) in [7, 11) is 0. The van der Waals surface area contributed by atoms with Crippen LogP contribution in [0.1, 0.15) is 49.5 Å². The maximum absolute atomic E-state index is 4.64. The number of nitrogens with zero attached hydrogens (tertiary/aromatic N) is 4. The van der Waals surface area contributed by atoms with Crippen molar-refractivity contribution in [1.29, 1.82) is 0 Å². The van der Waals surface area contributed by atoms with E-state index in [1.165, 1.54) is 11.3 Å². The number of aromatic nitrogens is 4. The van der Waals surface area contributed by atoms with Crippen LogP contribution in [0, 0.1) is 13.8 Å². The van der Waals surface area contributed by atoms with E-state index in [0.29, 0.717) is 6.04 Å². The minimum Gasteiger partial charge on any atom is -0.313 e. The molecule has 0 aromatic carbocycles. The molecule has 0 saturated heterocycles. The Hall–Kier alpha value is -1.62. The number of hydrogen-bond donors (Lipinski definition) is 1. The Morgan fingerprint density at radius 3 is 2.60 bits per heavy atom. The largest absolute Gasteiger partial charge is 0.313 e. The van der Waals surface area contributed by atoms with Crippen LogP contribution < -0.4 is 5.32 Å². The Morgan fingerprint density at radius 1 is 1.25 bits per heavy atom. The second-order valence-electron chi connectivity index (χ2n) is 5.47. The maximum Gasteiger partial charge on any atom is 0.0853 e. The molecule has 0 aliphatic heterocycles. The Morgan fingerprint density at radius 2 is 2.00 bits per heavy atom. The lowest BCUT2D eigenvalue weighted by Gasteiger charge is -2.06. The van der Waals surface area contributed by atoms with Crippen molar-refractivity contribution >= 4 is 0 Å². The summed E-state index contributed by atoms with van der Waals surface area (Å²) >= 11 is 0. The fourth-order valence-corrected chi connectivity index (χ4v) is 2.30. The number of rotatable bonds is 6. The minimum absolute atomic E-state index is 0.397. The maximum atomic E-state index is 4.64. The van der Waals surface area contributed by atoms with E-state index >= 15 is 0 Å². The molecule has 1 N–H and O–H groups in total. The first-order valence-corrected chi connectivity index (χ1v) is 7.30. The molecular formula is C15H25N5. The molecule has 0 spiro atoms. The third kappa shape index (κ3) is 3.10. The van der Waals surface area contributed by atoms with Crippen LogP contribution in [0.3, 0.4) is 0 Å². The first-order chi connectivity index (χ1) is 9.52. The van der Waals surface area contributed by atoms with Crippen LogP contribution in [0.15, 0.2) is 12.3 Å². The van der Waals surface area contributed by atoms with Crippen LogP contribution in [0.4, 0.5) is 0 Å². The lowest BCUT2D eigenvalue weighted by atomic mass is 10.2. The van der Waals surface area contributed by atoms with E-state index in [1.807, 2.05) is 10.9 Å². The first-order valence-electron chi connectivity index (χ1n) is 7.30. The van der Waals surface area contributed by atoms with Crippen molar-refractivity contribution in [3.63, 3.8) is 0 Å². The van der Waals surface area contributed by atoms with E-state index in [9.17, 15) is 0 Å². The predicted molar refractivity (Wildman–Crippen MR) is 80.8 cm³/mol. The SMILES string of the molecule is CCNCc1c(C)nn(Cc2ccn(C(C)C)n2)c1C. The van der Waals surface area contributed by atoms with Gasteiger partial charge < -0.3 is 5.32 Å². The quantitative estimate of drug-likeness (QED) is 0.881. The molecule has 2 rings (SSSR count). The Bertz CT molecular complexity index is 565. The van der Waals surface area contributed by atoms with E-state index < -0.39 is 0 Å². The van der Waals surface area contributed by atoms with E-state index in [2.05, 4.69) is 60.9 Å². The average Bonchev–Trinajstić information content (AvgIpc) is 2.95. The van der Waals surface area contributed by atoms with Crippen molar-refractivity contribution in [2.75, 3.05) is 6.54 Å². The van der Waals surface area contributed by atoms with Gasteiger partial charge in [0.2, 0.25) is 0 Å². The molecule has 110 valence electrons. The summed E-state index contributed by atoms with van der Waals surface area (Å²) in [6.07, 6.45) is 2.03. The molecular weight excluding hydrogens is 250 g/mol. The Balaban J connectivity index is 2.16. The van der Waals surface area contributed by atoms with Crippen molar-refractivity contribution < 1.29 is 0 Å². The molecule has 0 aliphatic rings. The highest BCUT2D eigenvalue weighted by Crippen LogP contribution is 2.14. The molecule has 0 fully saturated rings. The summed E-state index contributed by atoms with van der Waals surface area (Å²) in [5, 5.41) is 12.6. The van der Waals surface area contributed by atoms with Crippen LogP contribution >= 0.6 is 0 Å². The molecule has 0 aliphatic carbocycles. The van der Waals surface area contributed by atoms with Crippen LogP contribution in [0.25, 0.3) is 0 Å². The lowest BCUT2D eigenvalue weighted by molar-refractivity contribution is 0.519. The van der Waals surface area contributed by atoms with Crippen molar-refractivity contribution in [2.24, 2.45) is 0 Å². The zero-order valence-electron chi connectivity index (χ0n) is 13.1. The normalized spacial score (nSPS) is 11.5. The highest BCUT2D eigenvalue weighted by molar-refractivity contribution is 5.25. The van der Waals surface area contributed by atoms with E-state index in [0.717, 1.165) is 31.0 Å². The molecule has 5 nitrogen and oxygen atoms in total. The second-order valence-corrected chi connectivity index (χ2v) is 5.47. The molecule has 0 amide bonds. The van der Waals surface area contributed by atoms with Gasteiger partial charge in [-0.05, 0) is 40.3 Å². The zero-order valence-corrected chi connectivity index (χ0v) is 13.1. The Labute approximate surface area is 121 Å². The van der Waals surface area contributed by atoms with Crippen molar-refractivity contribution in [2.45, 2.75) is 53.8 Å². The third-order valence-electron chi connectivity index (χ3n) is 3.59. The molecule has 0 unspecified atom stereocenters. The standard InChI is InChI=1S/C15H25N5/c1-6-16-9-15-12(4)17-20(13(15)5)10-14-7-8-19(18-14)11(2)3/h7-8,11,16H,6,9-10H2,1-5H3. The number of hydrogen-bond acceptors (Lipinski definition) is 3. The summed E-state index contributed by atoms with van der Waals surface area (Å²) in [6.45, 7) is 13.2. The molecule has 5 heteroatoms. The van der Waals surface area contributed by atoms with Gasteiger partial charge in [-0.1, -0.05) is 6.92 Å². The molecule has 2 aromatic rings. The highest BCUT2D eigenvalue weighted by Gasteiger charge is 2.12. The summed E-state index contributed by atoms with van der Waals surface area (Å²) < 4.78 is 4.04. The third-order valence-corrected chi connectivity index (χ3v) is 3.59. The fourth-order valence-electron chi connectivity index (χ4n) is 2.30. The average molecular weight is 275 g/mol. The highest BCUT2D eigenvalue weighted by atomic mass is 15.3. The number of nitrogens with one attached hydrogen (secondary N) is 1. The topological polar surface area (TPSA) is 47.7 Å². The van der Waals surface area contributed by atoms with E-state index in [1.54, 1.807) is 0 Å². The van der Waals surface area contributed by atoms with E-state index in [4.69, 9.17) is 0 Å². The fraction of sp³-hybridized carbons (Fsp3) is 0.600. The molecule has 2 aromatic heterocycles. The van der Waals surface area contributed by atoms with E-state index in [-0.39, 0.29) is 0 Å². The van der Waals surface area contributed by atoms with Gasteiger partial charge in [0.15, 0.2) is 0 Å². The van der Waals surface area contributed by atoms with Gasteiger partial charge in [0, 0.05) is 30.0 Å². The molecule has 0 saturated carbocycles. The van der Waals surface area contributed by atoms with Gasteiger partial charge >= 0.3 is 0 Å². The van der Waals surface area contributed by atoms with Crippen molar-refractivity contribution in [1.82, 2.24) is 24.9 Å². The number of aryl methyl sites for hydroxylation is 1. The van der Waals surface area contributed by atoms with Gasteiger partial charge in [-0.15, -0.1) is 0 Å². The van der Waals surface area contributed by atoms with Gasteiger partial charge in [-0.25, -0.2) is 0 Å².